The lowest BCUT2D eigenvalue weighted by Crippen LogP contribution is -2.62. The highest BCUT2D eigenvalue weighted by atomic mass is 16.7. The van der Waals surface area contributed by atoms with Gasteiger partial charge in [-0.15, -0.1) is 0 Å². The fraction of sp³-hybridized carbons (Fsp3) is 0.952. The molecule has 0 aromatic rings. The first-order chi connectivity index (χ1) is 16.5. The fourth-order valence-corrected chi connectivity index (χ4v) is 3.95. The number of aliphatic hydroxyl groups excluding tert-OH is 8. The second-order valence-electron chi connectivity index (χ2n) is 8.86. The molecule has 12 atom stereocenters. The van der Waals surface area contributed by atoms with Gasteiger partial charge in [-0.3, -0.25) is 0 Å². The van der Waals surface area contributed by atoms with Crippen molar-refractivity contribution in [2.75, 3.05) is 13.2 Å². The van der Waals surface area contributed by atoms with Crippen LogP contribution in [0, 0.1) is 0 Å². The number of carbonyl (C=O) groups is 1. The number of carboxylic acids is 1. The maximum absolute atomic E-state index is 11.7. The minimum Gasteiger partial charge on any atom is -0.479 e. The molecule has 35 heavy (non-hydrogen) atoms. The third-order valence-corrected chi connectivity index (χ3v) is 6.17. The molecule has 0 aromatic heterocycles. The molecule has 2 saturated heterocycles. The van der Waals surface area contributed by atoms with Crippen LogP contribution in [0.4, 0.5) is 0 Å². The monoisotopic (exact) mass is 514 g/mol. The molecule has 2 fully saturated rings. The Hall–Kier alpha value is -1.01. The molecule has 14 heteroatoms. The van der Waals surface area contributed by atoms with Gasteiger partial charge in [0.05, 0.1) is 19.3 Å². The average molecular weight is 515 g/mol. The molecule has 9 N–H and O–H groups in total. The summed E-state index contributed by atoms with van der Waals surface area (Å²) in [7, 11) is 0. The van der Waals surface area contributed by atoms with E-state index in [0.717, 1.165) is 19.3 Å². The van der Waals surface area contributed by atoms with E-state index >= 15 is 0 Å². The first-order valence-electron chi connectivity index (χ1n) is 11.7. The van der Waals surface area contributed by atoms with Crippen molar-refractivity contribution in [1.29, 1.82) is 0 Å². The van der Waals surface area contributed by atoms with E-state index in [1.54, 1.807) is 0 Å². The molecule has 2 aliphatic rings. The van der Waals surface area contributed by atoms with Crippen LogP contribution in [-0.4, -0.2) is 139 Å². The summed E-state index contributed by atoms with van der Waals surface area (Å²) in [6.45, 7) is 0.717. The molecular weight excluding hydrogens is 476 g/mol. The van der Waals surface area contributed by atoms with Gasteiger partial charge in [-0.1, -0.05) is 32.6 Å². The first-order valence-corrected chi connectivity index (χ1v) is 11.7. The molecular formula is C21H38O14. The third-order valence-electron chi connectivity index (χ3n) is 6.17. The van der Waals surface area contributed by atoms with Gasteiger partial charge >= 0.3 is 5.97 Å². The second kappa shape index (κ2) is 14.1. The Labute approximate surface area is 202 Å². The van der Waals surface area contributed by atoms with Gasteiger partial charge in [-0.05, 0) is 6.42 Å². The van der Waals surface area contributed by atoms with Gasteiger partial charge in [0, 0.05) is 0 Å². The Morgan fingerprint density at radius 1 is 0.829 bits per heavy atom. The van der Waals surface area contributed by atoms with Crippen LogP contribution in [0.3, 0.4) is 0 Å². The molecule has 0 aromatic carbocycles. The van der Waals surface area contributed by atoms with Crippen LogP contribution < -0.4 is 0 Å². The zero-order chi connectivity index (χ0) is 26.3. The van der Waals surface area contributed by atoms with Crippen molar-refractivity contribution >= 4 is 5.97 Å². The Morgan fingerprint density at radius 2 is 1.40 bits per heavy atom. The molecule has 0 amide bonds. The van der Waals surface area contributed by atoms with Crippen LogP contribution in [0.5, 0.6) is 0 Å². The van der Waals surface area contributed by atoms with Gasteiger partial charge in [0.25, 0.3) is 0 Å². The van der Waals surface area contributed by atoms with E-state index in [4.69, 9.17) is 18.9 Å². The van der Waals surface area contributed by atoms with Crippen LogP contribution in [0.15, 0.2) is 0 Å². The first kappa shape index (κ1) is 30.2. The van der Waals surface area contributed by atoms with Gasteiger partial charge in [0.2, 0.25) is 0 Å². The van der Waals surface area contributed by atoms with Crippen molar-refractivity contribution in [2.24, 2.45) is 0 Å². The fourth-order valence-electron chi connectivity index (χ4n) is 3.95. The van der Waals surface area contributed by atoms with Gasteiger partial charge < -0.3 is 64.9 Å². The van der Waals surface area contributed by atoms with Crippen molar-refractivity contribution in [1.82, 2.24) is 0 Å². The molecule has 0 saturated carbocycles. The predicted molar refractivity (Wildman–Crippen MR) is 114 cm³/mol. The highest BCUT2D eigenvalue weighted by Gasteiger charge is 2.48. The maximum Gasteiger partial charge on any atom is 0.335 e. The molecule has 4 unspecified atom stereocenters. The number of unbranched alkanes of at least 4 members (excludes halogenated alkanes) is 3. The predicted octanol–water partition coefficient (Wildman–Crippen LogP) is -3.59. The van der Waals surface area contributed by atoms with Crippen LogP contribution >= 0.6 is 0 Å². The summed E-state index contributed by atoms with van der Waals surface area (Å²) in [6.07, 6.45) is -16.3. The van der Waals surface area contributed by atoms with Crippen LogP contribution in [0.2, 0.25) is 0 Å². The normalized spacial score (nSPS) is 39.8. The topological polar surface area (TPSA) is 236 Å². The SMILES string of the molecule is CCCCCC[C@@H](O)[C@H](O[C@@H]1OC(CO[C@@H]2OC(CO)[C@H](O)[C@H](O)C2O)[C@H](O)[C@H](O)C1O)C(=O)O. The van der Waals surface area contributed by atoms with Gasteiger partial charge in [0.15, 0.2) is 18.7 Å². The van der Waals surface area contributed by atoms with Gasteiger partial charge in [0.1, 0.15) is 48.8 Å². The van der Waals surface area contributed by atoms with Crippen molar-refractivity contribution < 1.29 is 69.7 Å². The van der Waals surface area contributed by atoms with E-state index in [2.05, 4.69) is 0 Å². The van der Waals surface area contributed by atoms with Crippen LogP contribution in [-0.2, 0) is 23.7 Å². The van der Waals surface area contributed by atoms with Crippen LogP contribution in [0.1, 0.15) is 39.0 Å². The summed E-state index contributed by atoms with van der Waals surface area (Å²) < 4.78 is 21.2. The second-order valence-corrected chi connectivity index (χ2v) is 8.86. The summed E-state index contributed by atoms with van der Waals surface area (Å²) in [5, 5.41) is 89.5. The smallest absolute Gasteiger partial charge is 0.335 e. The number of carboxylic acid groups (broad SMARTS) is 1. The molecule has 206 valence electrons. The van der Waals surface area contributed by atoms with E-state index < -0.39 is 92.8 Å². The third kappa shape index (κ3) is 7.74. The highest BCUT2D eigenvalue weighted by molar-refractivity contribution is 5.73. The molecule has 2 aliphatic heterocycles. The number of aliphatic carboxylic acids is 1. The van der Waals surface area contributed by atoms with E-state index in [-0.39, 0.29) is 6.42 Å². The Kier molecular flexibility index (Phi) is 12.1. The van der Waals surface area contributed by atoms with E-state index in [1.165, 1.54) is 0 Å². The lowest BCUT2D eigenvalue weighted by atomic mass is 9.98. The summed E-state index contributed by atoms with van der Waals surface area (Å²) >= 11 is 0. The summed E-state index contributed by atoms with van der Waals surface area (Å²) in [6, 6.07) is 0. The lowest BCUT2D eigenvalue weighted by Gasteiger charge is -2.43. The molecule has 2 heterocycles. The van der Waals surface area contributed by atoms with Crippen LogP contribution in [0.25, 0.3) is 0 Å². The largest absolute Gasteiger partial charge is 0.479 e. The average Bonchev–Trinajstić information content (AvgIpc) is 2.83. The lowest BCUT2D eigenvalue weighted by molar-refractivity contribution is -0.337. The zero-order valence-corrected chi connectivity index (χ0v) is 19.4. The number of rotatable bonds is 13. The quantitative estimate of drug-likeness (QED) is 0.108. The summed E-state index contributed by atoms with van der Waals surface area (Å²) in [5.41, 5.74) is 0. The highest BCUT2D eigenvalue weighted by Crippen LogP contribution is 2.27. The number of aliphatic hydroxyl groups is 8. The summed E-state index contributed by atoms with van der Waals surface area (Å²) in [5.74, 6) is -1.52. The van der Waals surface area contributed by atoms with Crippen molar-refractivity contribution in [3.05, 3.63) is 0 Å². The number of hydrogen-bond acceptors (Lipinski definition) is 13. The van der Waals surface area contributed by atoms with Gasteiger partial charge in [-0.2, -0.15) is 0 Å². The molecule has 0 bridgehead atoms. The van der Waals surface area contributed by atoms with Crippen molar-refractivity contribution in [3.63, 3.8) is 0 Å². The molecule has 0 aliphatic carbocycles. The molecule has 14 nitrogen and oxygen atoms in total. The molecule has 0 radical (unpaired) electrons. The van der Waals surface area contributed by atoms with E-state index in [1.807, 2.05) is 6.92 Å². The number of ether oxygens (including phenoxy) is 4. The Bertz CT molecular complexity index is 635. The Balaban J connectivity index is 2.02. The van der Waals surface area contributed by atoms with E-state index in [0.29, 0.717) is 6.42 Å². The van der Waals surface area contributed by atoms with E-state index in [9.17, 15) is 50.8 Å². The Morgan fingerprint density at radius 3 is 1.97 bits per heavy atom. The zero-order valence-electron chi connectivity index (χ0n) is 19.4. The number of hydrogen-bond donors (Lipinski definition) is 9. The van der Waals surface area contributed by atoms with Crippen molar-refractivity contribution in [3.8, 4) is 0 Å². The minimum absolute atomic E-state index is 0.120. The summed E-state index contributed by atoms with van der Waals surface area (Å²) in [4.78, 5) is 11.7. The maximum atomic E-state index is 11.7. The minimum atomic E-state index is -1.86. The van der Waals surface area contributed by atoms with Gasteiger partial charge in [-0.25, -0.2) is 4.79 Å². The molecule has 2 rings (SSSR count). The molecule has 0 spiro atoms. The van der Waals surface area contributed by atoms with Crippen molar-refractivity contribution in [2.45, 2.75) is 113 Å². The standard InChI is InChI=1S/C21H38O14/c1-2-3-4-5-6-9(23)18(19(30)31)35-21-17(29)15(27)13(25)11(34-21)8-32-20-16(28)14(26)12(24)10(7-22)33-20/h9-18,20-29H,2-8H2,1H3,(H,30,31)/t9-,10?,11?,12+,13+,14+,15+,16?,17?,18+,20-,21+/m1/s1.